The van der Waals surface area contributed by atoms with Crippen LogP contribution in [0.4, 0.5) is 5.69 Å². The van der Waals surface area contributed by atoms with Gasteiger partial charge in [-0.2, -0.15) is 0 Å². The first kappa shape index (κ1) is 18.5. The maximum Gasteiger partial charge on any atom is 0.274 e. The molecule has 0 bridgehead atoms. The van der Waals surface area contributed by atoms with E-state index in [2.05, 4.69) is 10.3 Å². The van der Waals surface area contributed by atoms with Crippen molar-refractivity contribution >= 4 is 33.0 Å². The van der Waals surface area contributed by atoms with E-state index in [4.69, 9.17) is 16.3 Å². The van der Waals surface area contributed by atoms with Crippen molar-refractivity contribution in [3.8, 4) is 17.0 Å². The fourth-order valence-corrected chi connectivity index (χ4v) is 4.59. The number of benzene rings is 2. The first-order chi connectivity index (χ1) is 13.4. The van der Waals surface area contributed by atoms with Gasteiger partial charge in [-0.1, -0.05) is 23.7 Å². The predicted molar refractivity (Wildman–Crippen MR) is 106 cm³/mol. The lowest BCUT2D eigenvalue weighted by Crippen LogP contribution is -2.17. The normalized spacial score (nSPS) is 14.5. The van der Waals surface area contributed by atoms with E-state index in [1.54, 1.807) is 48.5 Å². The zero-order chi connectivity index (χ0) is 19.9. The van der Waals surface area contributed by atoms with Crippen LogP contribution in [0.1, 0.15) is 10.5 Å². The average molecular weight is 418 g/mol. The number of fused-ring (bicyclic) bond motifs is 1. The van der Waals surface area contributed by atoms with E-state index in [-0.39, 0.29) is 23.1 Å². The van der Waals surface area contributed by atoms with Crippen molar-refractivity contribution in [3.05, 3.63) is 59.2 Å². The second-order valence-corrected chi connectivity index (χ2v) is 8.69. The zero-order valence-corrected chi connectivity index (χ0v) is 16.4. The maximum absolute atomic E-state index is 13.0. The van der Waals surface area contributed by atoms with Gasteiger partial charge in [0.1, 0.15) is 17.1 Å². The molecule has 0 aliphatic carbocycles. The average Bonchev–Trinajstić information content (AvgIpc) is 3.21. The van der Waals surface area contributed by atoms with Gasteiger partial charge < -0.3 is 14.6 Å². The molecule has 28 heavy (non-hydrogen) atoms. The van der Waals surface area contributed by atoms with Gasteiger partial charge in [0.2, 0.25) is 15.0 Å². The van der Waals surface area contributed by atoms with Crippen LogP contribution in [-0.4, -0.2) is 36.7 Å². The van der Waals surface area contributed by atoms with Crippen LogP contribution in [0.15, 0.2) is 53.7 Å². The number of carbonyl (C=O) groups is 1. The molecule has 0 saturated heterocycles. The molecule has 1 aliphatic heterocycles. The van der Waals surface area contributed by atoms with Gasteiger partial charge in [0.25, 0.3) is 5.91 Å². The van der Waals surface area contributed by atoms with Gasteiger partial charge in [-0.05, 0) is 36.4 Å². The summed E-state index contributed by atoms with van der Waals surface area (Å²) in [4.78, 5) is 17.4. The Bertz CT molecular complexity index is 1170. The first-order valence-electron chi connectivity index (χ1n) is 8.44. The monoisotopic (exact) mass is 417 g/mol. The number of aromatic nitrogens is 2. The quantitative estimate of drug-likeness (QED) is 0.703. The zero-order valence-electron chi connectivity index (χ0n) is 14.8. The number of hydrogen-bond donors (Lipinski definition) is 1. The number of anilines is 1. The van der Waals surface area contributed by atoms with Crippen LogP contribution in [0.3, 0.4) is 0 Å². The van der Waals surface area contributed by atoms with Crippen molar-refractivity contribution < 1.29 is 17.9 Å². The molecular formula is C19H16ClN3O4S. The fourth-order valence-electron chi connectivity index (χ4n) is 3.11. The summed E-state index contributed by atoms with van der Waals surface area (Å²) in [7, 11) is -1.99. The highest BCUT2D eigenvalue weighted by molar-refractivity contribution is 7.91. The number of imidazole rings is 1. The minimum Gasteiger partial charge on any atom is -0.497 e. The molecule has 1 aromatic heterocycles. The lowest BCUT2D eigenvalue weighted by molar-refractivity contribution is 0.101. The van der Waals surface area contributed by atoms with E-state index >= 15 is 0 Å². The van der Waals surface area contributed by atoms with Crippen LogP contribution < -0.4 is 10.1 Å². The number of nitrogens with zero attached hydrogens (tertiary/aromatic N) is 2. The van der Waals surface area contributed by atoms with Crippen LogP contribution in [0.5, 0.6) is 5.75 Å². The Morgan fingerprint density at radius 2 is 1.96 bits per heavy atom. The van der Waals surface area contributed by atoms with Crippen LogP contribution in [0, 0.1) is 0 Å². The molecule has 0 fully saturated rings. The molecular weight excluding hydrogens is 402 g/mol. The summed E-state index contributed by atoms with van der Waals surface area (Å²) in [5, 5.41) is 3.24. The third kappa shape index (κ3) is 3.25. The molecule has 144 valence electrons. The summed E-state index contributed by atoms with van der Waals surface area (Å²) < 4.78 is 31.4. The summed E-state index contributed by atoms with van der Waals surface area (Å²) >= 11 is 5.88. The van der Waals surface area contributed by atoms with E-state index in [0.29, 0.717) is 27.7 Å². The lowest BCUT2D eigenvalue weighted by Gasteiger charge is -2.10. The van der Waals surface area contributed by atoms with Crippen molar-refractivity contribution in [2.24, 2.45) is 0 Å². The minimum absolute atomic E-state index is 0.0745. The van der Waals surface area contributed by atoms with Crippen molar-refractivity contribution in [2.45, 2.75) is 11.7 Å². The second kappa shape index (κ2) is 6.96. The summed E-state index contributed by atoms with van der Waals surface area (Å²) in [6, 6.07) is 13.6. The number of rotatable bonds is 4. The van der Waals surface area contributed by atoms with Gasteiger partial charge in [0.15, 0.2) is 0 Å². The van der Waals surface area contributed by atoms with Crippen molar-refractivity contribution in [1.29, 1.82) is 0 Å². The van der Waals surface area contributed by atoms with E-state index in [9.17, 15) is 13.2 Å². The van der Waals surface area contributed by atoms with Gasteiger partial charge >= 0.3 is 0 Å². The van der Waals surface area contributed by atoms with Crippen LogP contribution in [-0.2, 0) is 16.4 Å². The molecule has 0 unspecified atom stereocenters. The number of methoxy groups -OCH3 is 1. The highest BCUT2D eigenvalue weighted by Crippen LogP contribution is 2.32. The molecule has 0 radical (unpaired) electrons. The second-order valence-electron chi connectivity index (χ2n) is 6.26. The Morgan fingerprint density at radius 3 is 2.68 bits per heavy atom. The Hall–Kier alpha value is -2.84. The number of halogens is 1. The molecule has 9 heteroatoms. The van der Waals surface area contributed by atoms with Gasteiger partial charge in [-0.25, -0.2) is 13.4 Å². The highest BCUT2D eigenvalue weighted by atomic mass is 35.5. The Labute approximate surface area is 166 Å². The summed E-state index contributed by atoms with van der Waals surface area (Å²) in [5.41, 5.74) is 1.63. The molecule has 7 nitrogen and oxygen atoms in total. The molecule has 0 atom stereocenters. The molecule has 1 N–H and O–H groups in total. The Balaban J connectivity index is 1.83. The molecule has 2 heterocycles. The van der Waals surface area contributed by atoms with E-state index in [1.807, 2.05) is 0 Å². The number of amides is 1. The largest absolute Gasteiger partial charge is 0.497 e. The number of nitrogens with one attached hydrogen (secondary N) is 1. The lowest BCUT2D eigenvalue weighted by atomic mass is 10.1. The van der Waals surface area contributed by atoms with Crippen molar-refractivity contribution in [2.75, 3.05) is 18.2 Å². The van der Waals surface area contributed by atoms with E-state index in [1.165, 1.54) is 11.7 Å². The molecule has 0 spiro atoms. The number of sulfone groups is 1. The predicted octanol–water partition coefficient (Wildman–Crippen LogP) is 3.25. The van der Waals surface area contributed by atoms with E-state index in [0.717, 1.165) is 0 Å². The standard InChI is InChI=1S/C19H16ClN3O4S/c1-27-15-4-2-3-12(11-15)16-17(23-9-10-28(25,26)19(23)22-16)18(24)21-14-7-5-13(20)6-8-14/h2-8,11H,9-10H2,1H3,(H,21,24). The number of ether oxygens (including phenoxy) is 1. The van der Waals surface area contributed by atoms with Crippen molar-refractivity contribution in [1.82, 2.24) is 9.55 Å². The molecule has 2 aromatic carbocycles. The topological polar surface area (TPSA) is 90.3 Å². The maximum atomic E-state index is 13.0. The van der Waals surface area contributed by atoms with Gasteiger partial charge in [0, 0.05) is 22.8 Å². The Morgan fingerprint density at radius 1 is 1.21 bits per heavy atom. The SMILES string of the molecule is COc1cccc(-c2nc3n(c2C(=O)Nc2ccc(Cl)cc2)CCS3(=O)=O)c1. The minimum atomic E-state index is -3.52. The fraction of sp³-hybridized carbons (Fsp3) is 0.158. The highest BCUT2D eigenvalue weighted by Gasteiger charge is 2.35. The van der Waals surface area contributed by atoms with Gasteiger partial charge in [-0.15, -0.1) is 0 Å². The molecule has 1 aliphatic rings. The van der Waals surface area contributed by atoms with Gasteiger partial charge in [0.05, 0.1) is 12.9 Å². The van der Waals surface area contributed by atoms with Crippen LogP contribution in [0.2, 0.25) is 5.02 Å². The third-order valence-corrected chi connectivity index (χ3v) is 6.29. The number of hydrogen-bond acceptors (Lipinski definition) is 5. The third-order valence-electron chi connectivity index (χ3n) is 4.45. The first-order valence-corrected chi connectivity index (χ1v) is 10.5. The van der Waals surface area contributed by atoms with Crippen LogP contribution in [0.25, 0.3) is 11.3 Å². The molecule has 4 rings (SSSR count). The molecule has 1 amide bonds. The number of carbonyl (C=O) groups excluding carboxylic acids is 1. The van der Waals surface area contributed by atoms with Crippen LogP contribution >= 0.6 is 11.6 Å². The smallest absolute Gasteiger partial charge is 0.274 e. The molecule has 0 saturated carbocycles. The van der Waals surface area contributed by atoms with Crippen molar-refractivity contribution in [3.63, 3.8) is 0 Å². The summed E-state index contributed by atoms with van der Waals surface area (Å²) in [6.45, 7) is 0.179. The summed E-state index contributed by atoms with van der Waals surface area (Å²) in [6.07, 6.45) is 0. The summed E-state index contributed by atoms with van der Waals surface area (Å²) in [5.74, 6) is 0.0585. The Kier molecular flexibility index (Phi) is 4.60. The van der Waals surface area contributed by atoms with Gasteiger partial charge in [-0.3, -0.25) is 4.79 Å². The molecule has 3 aromatic rings. The van der Waals surface area contributed by atoms with E-state index < -0.39 is 15.7 Å².